The number of pyridine rings is 1. The monoisotopic (exact) mass is 408 g/mol. The van der Waals surface area contributed by atoms with Crippen LogP contribution >= 0.6 is 0 Å². The molecule has 0 saturated heterocycles. The minimum absolute atomic E-state index is 0.0377. The molecule has 11 heteroatoms. The molecule has 0 radical (unpaired) electrons. The number of rotatable bonds is 3. The van der Waals surface area contributed by atoms with Crippen LogP contribution in [0.2, 0.25) is 0 Å². The Labute approximate surface area is 157 Å². The topological polar surface area (TPSA) is 89.2 Å². The number of fused-ring (bicyclic) bond motifs is 1. The van der Waals surface area contributed by atoms with Crippen molar-refractivity contribution in [2.45, 2.75) is 12.7 Å². The zero-order valence-electron chi connectivity index (χ0n) is 14.0. The van der Waals surface area contributed by atoms with Crippen molar-refractivity contribution >= 4 is 21.8 Å². The lowest BCUT2D eigenvalue weighted by Crippen LogP contribution is -2.31. The van der Waals surface area contributed by atoms with Crippen molar-refractivity contribution in [3.8, 4) is 11.4 Å². The summed E-state index contributed by atoms with van der Waals surface area (Å²) in [5, 5.41) is 4.40. The van der Waals surface area contributed by atoms with Crippen LogP contribution in [0.5, 0.6) is 0 Å². The van der Waals surface area contributed by atoms with E-state index in [4.69, 9.17) is 0 Å². The molecule has 0 bridgehead atoms. The molecule has 1 aliphatic rings. The summed E-state index contributed by atoms with van der Waals surface area (Å²) < 4.78 is 67.9. The van der Waals surface area contributed by atoms with Gasteiger partial charge in [0.05, 0.1) is 23.3 Å². The normalized spacial score (nSPS) is 15.5. The SMILES string of the molecule is O=S1(=O)C=Cc2ccccc2N1Cc1ccc(-c2noc(C(F)(F)F)n2)cn1. The number of halogens is 3. The van der Waals surface area contributed by atoms with Crippen LogP contribution in [0, 0.1) is 0 Å². The summed E-state index contributed by atoms with van der Waals surface area (Å²) >= 11 is 0. The number of hydrogen-bond acceptors (Lipinski definition) is 6. The van der Waals surface area contributed by atoms with Crippen molar-refractivity contribution in [1.82, 2.24) is 15.1 Å². The summed E-state index contributed by atoms with van der Waals surface area (Å²) in [4.78, 5) is 7.42. The van der Waals surface area contributed by atoms with E-state index in [1.54, 1.807) is 24.3 Å². The maximum Gasteiger partial charge on any atom is 0.471 e. The van der Waals surface area contributed by atoms with E-state index < -0.39 is 22.1 Å². The van der Waals surface area contributed by atoms with Crippen LogP contribution in [-0.2, 0) is 22.7 Å². The number of benzene rings is 1. The van der Waals surface area contributed by atoms with Gasteiger partial charge in [0, 0.05) is 11.8 Å². The Bertz CT molecular complexity index is 1150. The first-order valence-corrected chi connectivity index (χ1v) is 9.40. The molecule has 0 fully saturated rings. The second kappa shape index (κ2) is 6.44. The molecule has 0 N–H and O–H groups in total. The Morgan fingerprint density at radius 1 is 1.11 bits per heavy atom. The summed E-state index contributed by atoms with van der Waals surface area (Å²) in [6, 6.07) is 9.94. The second-order valence-corrected chi connectivity index (χ2v) is 7.62. The average Bonchev–Trinajstić information content (AvgIpc) is 3.15. The number of anilines is 1. The zero-order valence-corrected chi connectivity index (χ0v) is 14.8. The molecule has 28 heavy (non-hydrogen) atoms. The molecule has 3 heterocycles. The molecule has 1 aromatic carbocycles. The van der Waals surface area contributed by atoms with E-state index in [1.807, 2.05) is 0 Å². The minimum Gasteiger partial charge on any atom is -0.329 e. The first kappa shape index (κ1) is 18.2. The third-order valence-corrected chi connectivity index (χ3v) is 5.41. The van der Waals surface area contributed by atoms with Gasteiger partial charge in [0.25, 0.3) is 10.0 Å². The lowest BCUT2D eigenvalue weighted by Gasteiger charge is -2.26. The molecule has 0 saturated carbocycles. The van der Waals surface area contributed by atoms with Gasteiger partial charge in [0.15, 0.2) is 0 Å². The molecule has 144 valence electrons. The molecular formula is C17H11F3N4O3S. The summed E-state index contributed by atoms with van der Waals surface area (Å²) in [5.41, 5.74) is 1.88. The largest absolute Gasteiger partial charge is 0.471 e. The fourth-order valence-electron chi connectivity index (χ4n) is 2.65. The second-order valence-electron chi connectivity index (χ2n) is 5.87. The third-order valence-electron chi connectivity index (χ3n) is 3.99. The highest BCUT2D eigenvalue weighted by Gasteiger charge is 2.38. The van der Waals surface area contributed by atoms with E-state index in [1.165, 1.54) is 28.7 Å². The van der Waals surface area contributed by atoms with Gasteiger partial charge in [-0.2, -0.15) is 18.2 Å². The highest BCUT2D eigenvalue weighted by molar-refractivity contribution is 7.95. The van der Waals surface area contributed by atoms with Gasteiger partial charge in [-0.1, -0.05) is 23.4 Å². The summed E-state index contributed by atoms with van der Waals surface area (Å²) in [7, 11) is -3.66. The molecule has 2 aromatic heterocycles. The number of hydrogen-bond donors (Lipinski definition) is 0. The van der Waals surface area contributed by atoms with Gasteiger partial charge in [-0.3, -0.25) is 9.29 Å². The Hall–Kier alpha value is -3.21. The van der Waals surface area contributed by atoms with Crippen LogP contribution in [-0.4, -0.2) is 23.5 Å². The molecule has 0 spiro atoms. The van der Waals surface area contributed by atoms with Crippen LogP contribution in [0.4, 0.5) is 18.9 Å². The van der Waals surface area contributed by atoms with Gasteiger partial charge in [-0.05, 0) is 29.8 Å². The molecule has 0 aliphatic carbocycles. The smallest absolute Gasteiger partial charge is 0.329 e. The van der Waals surface area contributed by atoms with E-state index in [-0.39, 0.29) is 17.9 Å². The Morgan fingerprint density at radius 3 is 2.57 bits per heavy atom. The van der Waals surface area contributed by atoms with Crippen LogP contribution in [0.15, 0.2) is 52.5 Å². The molecule has 0 amide bonds. The predicted octanol–water partition coefficient (Wildman–Crippen LogP) is 3.47. The van der Waals surface area contributed by atoms with E-state index in [0.717, 1.165) is 11.0 Å². The van der Waals surface area contributed by atoms with E-state index in [2.05, 4.69) is 19.6 Å². The summed E-state index contributed by atoms with van der Waals surface area (Å²) in [6.07, 6.45) is -1.95. The molecule has 0 atom stereocenters. The third kappa shape index (κ3) is 3.36. The maximum absolute atomic E-state index is 12.6. The van der Waals surface area contributed by atoms with E-state index in [0.29, 0.717) is 11.4 Å². The van der Waals surface area contributed by atoms with Crippen molar-refractivity contribution in [1.29, 1.82) is 0 Å². The van der Waals surface area contributed by atoms with Crippen molar-refractivity contribution in [3.05, 3.63) is 65.2 Å². The highest BCUT2D eigenvalue weighted by Crippen LogP contribution is 2.32. The molecule has 1 aliphatic heterocycles. The molecule has 4 rings (SSSR count). The quantitative estimate of drug-likeness (QED) is 0.659. The van der Waals surface area contributed by atoms with E-state index >= 15 is 0 Å². The van der Waals surface area contributed by atoms with Crippen molar-refractivity contribution in [2.24, 2.45) is 0 Å². The van der Waals surface area contributed by atoms with Crippen LogP contribution in [0.3, 0.4) is 0 Å². The molecule has 7 nitrogen and oxygen atoms in total. The maximum atomic E-state index is 12.6. The fourth-order valence-corrected chi connectivity index (χ4v) is 3.87. The van der Waals surface area contributed by atoms with Crippen LogP contribution in [0.1, 0.15) is 17.1 Å². The Kier molecular flexibility index (Phi) is 4.18. The van der Waals surface area contributed by atoms with Gasteiger partial charge in [0.2, 0.25) is 5.82 Å². The number of sulfonamides is 1. The van der Waals surface area contributed by atoms with E-state index in [9.17, 15) is 21.6 Å². The van der Waals surface area contributed by atoms with Gasteiger partial charge < -0.3 is 4.52 Å². The number of alkyl halides is 3. The fraction of sp³-hybridized carbons (Fsp3) is 0.118. The summed E-state index contributed by atoms with van der Waals surface area (Å²) in [6.45, 7) is -0.0377. The van der Waals surface area contributed by atoms with Crippen molar-refractivity contribution in [2.75, 3.05) is 4.31 Å². The Balaban J connectivity index is 1.60. The summed E-state index contributed by atoms with van der Waals surface area (Å²) in [5.74, 6) is -1.71. The highest BCUT2D eigenvalue weighted by atomic mass is 32.2. The zero-order chi connectivity index (χ0) is 19.9. The van der Waals surface area contributed by atoms with Crippen LogP contribution < -0.4 is 4.31 Å². The number of nitrogens with zero attached hydrogens (tertiary/aromatic N) is 4. The number of aromatic nitrogens is 3. The first-order chi connectivity index (χ1) is 13.2. The number of para-hydroxylation sites is 1. The van der Waals surface area contributed by atoms with Gasteiger partial charge in [-0.15, -0.1) is 0 Å². The van der Waals surface area contributed by atoms with Crippen molar-refractivity contribution < 1.29 is 26.1 Å². The standard InChI is InChI=1S/C17H11F3N4O3S/c18-17(19,20)16-22-15(23-27-16)12-5-6-13(21-9-12)10-24-14-4-2-1-3-11(14)7-8-28(24,25)26/h1-9H,10H2. The molecular weight excluding hydrogens is 397 g/mol. The predicted molar refractivity (Wildman–Crippen MR) is 93.1 cm³/mol. The van der Waals surface area contributed by atoms with Gasteiger partial charge >= 0.3 is 12.1 Å². The van der Waals surface area contributed by atoms with Crippen molar-refractivity contribution in [3.63, 3.8) is 0 Å². The lowest BCUT2D eigenvalue weighted by atomic mass is 10.1. The van der Waals surface area contributed by atoms with Gasteiger partial charge in [-0.25, -0.2) is 8.42 Å². The first-order valence-electron chi connectivity index (χ1n) is 7.90. The molecule has 0 unspecified atom stereocenters. The molecule has 3 aromatic rings. The average molecular weight is 408 g/mol. The van der Waals surface area contributed by atoms with Gasteiger partial charge in [0.1, 0.15) is 0 Å². The van der Waals surface area contributed by atoms with Crippen LogP contribution in [0.25, 0.3) is 17.5 Å². The Morgan fingerprint density at radius 2 is 1.89 bits per heavy atom. The lowest BCUT2D eigenvalue weighted by molar-refractivity contribution is -0.159. The minimum atomic E-state index is -4.73.